The van der Waals surface area contributed by atoms with Crippen LogP contribution in [0.15, 0.2) is 88.7 Å². The van der Waals surface area contributed by atoms with Crippen LogP contribution < -0.4 is 0 Å². The van der Waals surface area contributed by atoms with Crippen molar-refractivity contribution in [1.82, 2.24) is 4.57 Å². The van der Waals surface area contributed by atoms with Crippen molar-refractivity contribution in [3.05, 3.63) is 89.3 Å². The third-order valence-corrected chi connectivity index (χ3v) is 6.03. The molecule has 1 aromatic heterocycles. The highest BCUT2D eigenvalue weighted by atomic mass is 32.2. The second-order valence-electron chi connectivity index (χ2n) is 5.55. The van der Waals surface area contributed by atoms with Crippen LogP contribution in [0.3, 0.4) is 0 Å². The minimum Gasteiger partial charge on any atom is -0.346 e. The van der Waals surface area contributed by atoms with Gasteiger partial charge in [-0.25, -0.2) is 0 Å². The van der Waals surface area contributed by atoms with E-state index in [4.69, 9.17) is 0 Å². The van der Waals surface area contributed by atoms with E-state index in [0.29, 0.717) is 0 Å². The topological polar surface area (TPSA) is 4.93 Å². The van der Waals surface area contributed by atoms with Gasteiger partial charge in [-0.1, -0.05) is 60.7 Å². The average molecular weight is 305 g/mol. The summed E-state index contributed by atoms with van der Waals surface area (Å²) in [7, 11) is -0.266. The Labute approximate surface area is 133 Å². The van der Waals surface area contributed by atoms with Crippen molar-refractivity contribution < 1.29 is 0 Å². The van der Waals surface area contributed by atoms with E-state index in [1.807, 2.05) is 0 Å². The molecule has 0 saturated carbocycles. The predicted molar refractivity (Wildman–Crippen MR) is 97.6 cm³/mol. The molecule has 22 heavy (non-hydrogen) atoms. The Balaban J connectivity index is 1.68. The van der Waals surface area contributed by atoms with Crippen LogP contribution >= 0.6 is 10.9 Å². The first-order valence-corrected chi connectivity index (χ1v) is 9.15. The van der Waals surface area contributed by atoms with Gasteiger partial charge in [0.15, 0.2) is 0 Å². The second kappa shape index (κ2) is 5.90. The van der Waals surface area contributed by atoms with Crippen LogP contribution in [0, 0.1) is 0 Å². The van der Waals surface area contributed by atoms with Crippen LogP contribution in [0.5, 0.6) is 0 Å². The fraction of sp³-hybridized carbons (Fsp3) is 0.100. The molecule has 0 saturated heterocycles. The largest absolute Gasteiger partial charge is 0.346 e. The van der Waals surface area contributed by atoms with Gasteiger partial charge in [0.2, 0.25) is 0 Å². The summed E-state index contributed by atoms with van der Waals surface area (Å²) in [5.41, 5.74) is 2.75. The molecule has 2 heterocycles. The van der Waals surface area contributed by atoms with Gasteiger partial charge in [-0.05, 0) is 28.9 Å². The molecular formula is C20H19NS. The first-order chi connectivity index (χ1) is 10.9. The quantitative estimate of drug-likeness (QED) is 0.625. The minimum atomic E-state index is -0.266. The smallest absolute Gasteiger partial charge is 0.0491 e. The number of allylic oxidation sites excluding steroid dienone is 2. The van der Waals surface area contributed by atoms with Crippen molar-refractivity contribution >= 4 is 21.8 Å². The molecule has 0 atom stereocenters. The number of aromatic nitrogens is 1. The van der Waals surface area contributed by atoms with E-state index in [1.165, 1.54) is 21.4 Å². The van der Waals surface area contributed by atoms with Crippen LogP contribution in [0.1, 0.15) is 5.56 Å². The molecule has 0 bridgehead atoms. The van der Waals surface area contributed by atoms with Crippen molar-refractivity contribution in [2.75, 3.05) is 0 Å². The van der Waals surface area contributed by atoms with Gasteiger partial charge < -0.3 is 4.57 Å². The molecule has 1 aliphatic rings. The Hall–Kier alpha value is -2.19. The molecule has 2 heteroatoms. The predicted octanol–water partition coefficient (Wildman–Crippen LogP) is 5.29. The molecular weight excluding hydrogens is 286 g/mol. The van der Waals surface area contributed by atoms with Gasteiger partial charge in [0.05, 0.1) is 0 Å². The standard InChI is InChI=1S/C20H19NS/c1-2-8-17(9-3-1)12-13-21-16-20(22-14-6-7-15-22)18-10-4-5-11-19(18)21/h1-11,14-16,22H,12-13H2. The third-order valence-electron chi connectivity index (χ3n) is 4.13. The van der Waals surface area contributed by atoms with Gasteiger partial charge in [0, 0.05) is 28.5 Å². The average Bonchev–Trinajstić information content (AvgIpc) is 3.22. The Morgan fingerprint density at radius 2 is 1.55 bits per heavy atom. The first kappa shape index (κ1) is 13.5. The lowest BCUT2D eigenvalue weighted by molar-refractivity contribution is 0.719. The molecule has 2 aromatic carbocycles. The van der Waals surface area contributed by atoms with E-state index < -0.39 is 0 Å². The molecule has 0 unspecified atom stereocenters. The zero-order chi connectivity index (χ0) is 14.8. The lowest BCUT2D eigenvalue weighted by Gasteiger charge is -2.07. The van der Waals surface area contributed by atoms with Gasteiger partial charge in [-0.3, -0.25) is 0 Å². The molecule has 0 amide bonds. The monoisotopic (exact) mass is 305 g/mol. The summed E-state index contributed by atoms with van der Waals surface area (Å²) in [6, 6.07) is 19.5. The zero-order valence-electron chi connectivity index (χ0n) is 12.4. The second-order valence-corrected chi connectivity index (χ2v) is 7.44. The summed E-state index contributed by atoms with van der Waals surface area (Å²) in [6.45, 7) is 1.03. The number of rotatable bonds is 4. The molecule has 0 radical (unpaired) electrons. The van der Waals surface area contributed by atoms with Crippen LogP contribution in [0.4, 0.5) is 0 Å². The van der Waals surface area contributed by atoms with Crippen LogP contribution in [-0.4, -0.2) is 4.57 Å². The van der Waals surface area contributed by atoms with Gasteiger partial charge >= 0.3 is 0 Å². The maximum atomic E-state index is 2.42. The molecule has 0 spiro atoms. The number of nitrogens with zero attached hydrogens (tertiary/aromatic N) is 1. The van der Waals surface area contributed by atoms with E-state index in [1.54, 1.807) is 0 Å². The summed E-state index contributed by atoms with van der Waals surface area (Å²) in [4.78, 5) is 1.48. The molecule has 1 aliphatic heterocycles. The number of benzene rings is 2. The fourth-order valence-electron chi connectivity index (χ4n) is 3.01. The molecule has 4 rings (SSSR count). The first-order valence-electron chi connectivity index (χ1n) is 7.67. The molecule has 110 valence electrons. The lowest BCUT2D eigenvalue weighted by atomic mass is 10.1. The lowest BCUT2D eigenvalue weighted by Crippen LogP contribution is -1.99. The highest BCUT2D eigenvalue weighted by Crippen LogP contribution is 2.46. The maximum absolute atomic E-state index is 2.42. The molecule has 3 aromatic rings. The van der Waals surface area contributed by atoms with Crippen molar-refractivity contribution in [3.8, 4) is 0 Å². The maximum Gasteiger partial charge on any atom is 0.0491 e. The summed E-state index contributed by atoms with van der Waals surface area (Å²) in [6.07, 6.45) is 7.77. The van der Waals surface area contributed by atoms with Gasteiger partial charge in [-0.2, -0.15) is 10.9 Å². The third kappa shape index (κ3) is 2.51. The molecule has 0 fully saturated rings. The van der Waals surface area contributed by atoms with E-state index in [9.17, 15) is 0 Å². The number of fused-ring (bicyclic) bond motifs is 1. The van der Waals surface area contributed by atoms with Crippen molar-refractivity contribution in [2.24, 2.45) is 0 Å². The van der Waals surface area contributed by atoms with Crippen molar-refractivity contribution in [2.45, 2.75) is 17.9 Å². The van der Waals surface area contributed by atoms with Crippen LogP contribution in [0.2, 0.25) is 0 Å². The normalized spacial score (nSPS) is 15.0. The molecule has 0 N–H and O–H groups in total. The van der Waals surface area contributed by atoms with E-state index in [0.717, 1.165) is 13.0 Å². The number of para-hydroxylation sites is 1. The van der Waals surface area contributed by atoms with Crippen molar-refractivity contribution in [1.29, 1.82) is 0 Å². The van der Waals surface area contributed by atoms with Crippen LogP contribution in [-0.2, 0) is 13.0 Å². The number of thiol groups is 1. The van der Waals surface area contributed by atoms with Gasteiger partial charge in [-0.15, -0.1) is 0 Å². The number of hydrogen-bond acceptors (Lipinski definition) is 0. The van der Waals surface area contributed by atoms with Crippen molar-refractivity contribution in [3.63, 3.8) is 0 Å². The Morgan fingerprint density at radius 3 is 2.36 bits per heavy atom. The molecule has 1 nitrogen and oxygen atoms in total. The zero-order valence-corrected chi connectivity index (χ0v) is 13.3. The summed E-state index contributed by atoms with van der Waals surface area (Å²) in [5, 5.41) is 6.06. The fourth-order valence-corrected chi connectivity index (χ4v) is 4.74. The SMILES string of the molecule is C1=C[SH](c2cn(CCc3ccccc3)c3ccccc23)C=C1. The summed E-state index contributed by atoms with van der Waals surface area (Å²) in [5.74, 6) is 0. The summed E-state index contributed by atoms with van der Waals surface area (Å²) >= 11 is 0. The van der Waals surface area contributed by atoms with Gasteiger partial charge in [0.1, 0.15) is 0 Å². The highest BCUT2D eigenvalue weighted by molar-refractivity contribution is 8.22. The van der Waals surface area contributed by atoms with E-state index in [-0.39, 0.29) is 10.9 Å². The van der Waals surface area contributed by atoms with Crippen LogP contribution in [0.25, 0.3) is 10.9 Å². The van der Waals surface area contributed by atoms with Gasteiger partial charge in [0.25, 0.3) is 0 Å². The molecule has 0 aliphatic carbocycles. The van der Waals surface area contributed by atoms with E-state index in [2.05, 4.69) is 88.3 Å². The summed E-state index contributed by atoms with van der Waals surface area (Å²) < 4.78 is 2.42. The Morgan fingerprint density at radius 1 is 0.818 bits per heavy atom. The minimum absolute atomic E-state index is 0.266. The number of aryl methyl sites for hydroxylation is 2. The van der Waals surface area contributed by atoms with E-state index >= 15 is 0 Å². The number of hydrogen-bond donors (Lipinski definition) is 1. The Bertz CT molecular complexity index is 831. The highest BCUT2D eigenvalue weighted by Gasteiger charge is 2.12. The Kier molecular flexibility index (Phi) is 3.61.